The van der Waals surface area contributed by atoms with Gasteiger partial charge in [-0.05, 0) is 26.0 Å². The van der Waals surface area contributed by atoms with Crippen LogP contribution in [0.3, 0.4) is 0 Å². The molecule has 0 aliphatic heterocycles. The SMILES string of the molecule is Cc1cc(C(F)F)nc(CCCN)n1. The highest BCUT2D eigenvalue weighted by Crippen LogP contribution is 2.16. The highest BCUT2D eigenvalue weighted by atomic mass is 19.3. The molecule has 0 saturated carbocycles. The summed E-state index contributed by atoms with van der Waals surface area (Å²) in [6.45, 7) is 2.20. The van der Waals surface area contributed by atoms with Crippen LogP contribution < -0.4 is 5.73 Å². The fourth-order valence-electron chi connectivity index (χ4n) is 1.14. The fourth-order valence-corrected chi connectivity index (χ4v) is 1.14. The Labute approximate surface area is 81.4 Å². The molecule has 2 N–H and O–H groups in total. The maximum atomic E-state index is 12.3. The summed E-state index contributed by atoms with van der Waals surface area (Å²) < 4.78 is 24.7. The average Bonchev–Trinajstić information content (AvgIpc) is 2.14. The Kier molecular flexibility index (Phi) is 3.88. The van der Waals surface area contributed by atoms with Gasteiger partial charge in [-0.2, -0.15) is 0 Å². The second-order valence-corrected chi connectivity index (χ2v) is 3.04. The number of nitrogens with two attached hydrogens (primary N) is 1. The van der Waals surface area contributed by atoms with Gasteiger partial charge in [-0.1, -0.05) is 0 Å². The number of rotatable bonds is 4. The zero-order valence-corrected chi connectivity index (χ0v) is 8.00. The first-order chi connectivity index (χ1) is 6.63. The molecule has 5 heteroatoms. The van der Waals surface area contributed by atoms with Crippen molar-refractivity contribution in [3.8, 4) is 0 Å². The predicted molar refractivity (Wildman–Crippen MR) is 49.1 cm³/mol. The highest BCUT2D eigenvalue weighted by Gasteiger charge is 2.11. The Balaban J connectivity index is 2.84. The summed E-state index contributed by atoms with van der Waals surface area (Å²) in [7, 11) is 0. The van der Waals surface area contributed by atoms with Crippen LogP contribution in [0, 0.1) is 6.92 Å². The third-order valence-electron chi connectivity index (χ3n) is 1.75. The van der Waals surface area contributed by atoms with Crippen molar-refractivity contribution >= 4 is 0 Å². The number of hydrogen-bond donors (Lipinski definition) is 1. The molecule has 0 spiro atoms. The van der Waals surface area contributed by atoms with Crippen LogP contribution in [0.4, 0.5) is 8.78 Å². The molecule has 1 aromatic rings. The van der Waals surface area contributed by atoms with E-state index in [-0.39, 0.29) is 5.69 Å². The van der Waals surface area contributed by atoms with Crippen LogP contribution >= 0.6 is 0 Å². The smallest absolute Gasteiger partial charge is 0.280 e. The second-order valence-electron chi connectivity index (χ2n) is 3.04. The first-order valence-corrected chi connectivity index (χ1v) is 4.46. The standard InChI is InChI=1S/C9H13F2N3/c1-6-5-7(9(10)11)14-8(13-6)3-2-4-12/h5,9H,2-4,12H2,1H3. The molecule has 1 rings (SSSR count). The van der Waals surface area contributed by atoms with Gasteiger partial charge in [-0.15, -0.1) is 0 Å². The largest absolute Gasteiger partial charge is 0.330 e. The summed E-state index contributed by atoms with van der Waals surface area (Å²) >= 11 is 0. The van der Waals surface area contributed by atoms with Gasteiger partial charge in [0, 0.05) is 12.1 Å². The van der Waals surface area contributed by atoms with Crippen LogP contribution in [-0.4, -0.2) is 16.5 Å². The normalized spacial score (nSPS) is 10.9. The molecule has 1 aromatic heterocycles. The molecular weight excluding hydrogens is 188 g/mol. The third kappa shape index (κ3) is 2.99. The van der Waals surface area contributed by atoms with Gasteiger partial charge in [0.2, 0.25) is 0 Å². The van der Waals surface area contributed by atoms with Crippen molar-refractivity contribution in [1.29, 1.82) is 0 Å². The maximum absolute atomic E-state index is 12.3. The lowest BCUT2D eigenvalue weighted by atomic mass is 10.2. The zero-order chi connectivity index (χ0) is 10.6. The van der Waals surface area contributed by atoms with Crippen molar-refractivity contribution in [3.05, 3.63) is 23.3 Å². The molecule has 0 aromatic carbocycles. The number of alkyl halides is 2. The van der Waals surface area contributed by atoms with Crippen LogP contribution in [0.15, 0.2) is 6.07 Å². The van der Waals surface area contributed by atoms with Crippen LogP contribution in [0.25, 0.3) is 0 Å². The first-order valence-electron chi connectivity index (χ1n) is 4.46. The summed E-state index contributed by atoms with van der Waals surface area (Å²) in [6.07, 6.45) is -1.27. The molecule has 14 heavy (non-hydrogen) atoms. The van der Waals surface area contributed by atoms with Crippen molar-refractivity contribution in [2.75, 3.05) is 6.54 Å². The van der Waals surface area contributed by atoms with Gasteiger partial charge < -0.3 is 5.73 Å². The molecular formula is C9H13F2N3. The fraction of sp³-hybridized carbons (Fsp3) is 0.556. The number of aromatic nitrogens is 2. The van der Waals surface area contributed by atoms with Crippen LogP contribution in [0.5, 0.6) is 0 Å². The monoisotopic (exact) mass is 201 g/mol. The Bertz CT molecular complexity index is 302. The van der Waals surface area contributed by atoms with Crippen molar-refractivity contribution in [1.82, 2.24) is 9.97 Å². The number of hydrogen-bond acceptors (Lipinski definition) is 3. The topological polar surface area (TPSA) is 51.8 Å². The molecule has 0 fully saturated rings. The summed E-state index contributed by atoms with van der Waals surface area (Å²) in [6, 6.07) is 1.30. The molecule has 0 radical (unpaired) electrons. The van der Waals surface area contributed by atoms with Crippen LogP contribution in [0.1, 0.15) is 30.1 Å². The molecule has 3 nitrogen and oxygen atoms in total. The molecule has 0 atom stereocenters. The Hall–Kier alpha value is -1.10. The van der Waals surface area contributed by atoms with Gasteiger partial charge in [0.15, 0.2) is 0 Å². The summed E-state index contributed by atoms with van der Waals surface area (Å²) in [5.74, 6) is 0.450. The van der Waals surface area contributed by atoms with Crippen molar-refractivity contribution in [2.24, 2.45) is 5.73 Å². The first kappa shape index (κ1) is 11.0. The van der Waals surface area contributed by atoms with Crippen molar-refractivity contribution in [2.45, 2.75) is 26.2 Å². The molecule has 0 bridgehead atoms. The van der Waals surface area contributed by atoms with E-state index in [9.17, 15) is 8.78 Å². The van der Waals surface area contributed by atoms with Gasteiger partial charge in [0.25, 0.3) is 6.43 Å². The van der Waals surface area contributed by atoms with E-state index < -0.39 is 6.43 Å². The minimum Gasteiger partial charge on any atom is -0.330 e. The van der Waals surface area contributed by atoms with Crippen LogP contribution in [0.2, 0.25) is 0 Å². The minimum atomic E-state index is -2.53. The number of aryl methyl sites for hydroxylation is 2. The summed E-state index contributed by atoms with van der Waals surface area (Å²) in [5, 5.41) is 0. The Morgan fingerprint density at radius 3 is 2.71 bits per heavy atom. The molecule has 0 saturated heterocycles. The van der Waals surface area contributed by atoms with E-state index in [1.165, 1.54) is 6.07 Å². The molecule has 1 heterocycles. The minimum absolute atomic E-state index is 0.204. The lowest BCUT2D eigenvalue weighted by Crippen LogP contribution is -2.06. The van der Waals surface area contributed by atoms with E-state index in [0.29, 0.717) is 30.9 Å². The van der Waals surface area contributed by atoms with Gasteiger partial charge in [-0.25, -0.2) is 18.7 Å². The van der Waals surface area contributed by atoms with Crippen molar-refractivity contribution in [3.63, 3.8) is 0 Å². The van der Waals surface area contributed by atoms with E-state index in [0.717, 1.165) is 0 Å². The van der Waals surface area contributed by atoms with E-state index in [4.69, 9.17) is 5.73 Å². The Morgan fingerprint density at radius 2 is 2.14 bits per heavy atom. The van der Waals surface area contributed by atoms with E-state index >= 15 is 0 Å². The molecule has 0 amide bonds. The maximum Gasteiger partial charge on any atom is 0.280 e. The summed E-state index contributed by atoms with van der Waals surface area (Å²) in [4.78, 5) is 7.81. The van der Waals surface area contributed by atoms with Crippen molar-refractivity contribution < 1.29 is 8.78 Å². The molecule has 78 valence electrons. The molecule has 0 unspecified atom stereocenters. The number of halogens is 2. The second kappa shape index (κ2) is 4.95. The molecule has 0 aliphatic rings. The quantitative estimate of drug-likeness (QED) is 0.805. The Morgan fingerprint density at radius 1 is 1.43 bits per heavy atom. The zero-order valence-electron chi connectivity index (χ0n) is 8.00. The lowest BCUT2D eigenvalue weighted by Gasteiger charge is -2.04. The van der Waals surface area contributed by atoms with E-state index in [1.807, 2.05) is 0 Å². The average molecular weight is 201 g/mol. The van der Waals surface area contributed by atoms with Crippen LogP contribution in [-0.2, 0) is 6.42 Å². The van der Waals surface area contributed by atoms with E-state index in [1.54, 1.807) is 6.92 Å². The van der Waals surface area contributed by atoms with Gasteiger partial charge in [-0.3, -0.25) is 0 Å². The third-order valence-corrected chi connectivity index (χ3v) is 1.75. The van der Waals surface area contributed by atoms with Gasteiger partial charge >= 0.3 is 0 Å². The van der Waals surface area contributed by atoms with Gasteiger partial charge in [0.05, 0.1) is 0 Å². The predicted octanol–water partition coefficient (Wildman–Crippen LogP) is 1.61. The molecule has 0 aliphatic carbocycles. The number of nitrogens with zero attached hydrogens (tertiary/aromatic N) is 2. The lowest BCUT2D eigenvalue weighted by molar-refractivity contribution is 0.145. The summed E-state index contributed by atoms with van der Waals surface area (Å²) in [5.41, 5.74) is 5.68. The van der Waals surface area contributed by atoms with E-state index in [2.05, 4.69) is 9.97 Å². The highest BCUT2D eigenvalue weighted by molar-refractivity contribution is 5.11. The van der Waals surface area contributed by atoms with Gasteiger partial charge in [0.1, 0.15) is 11.5 Å².